The molecule has 4 atom stereocenters. The molecular weight excluding hydrogens is 216 g/mol. The Hall–Kier alpha value is 0. The minimum absolute atomic E-state index is 0.467. The molecule has 0 heterocycles. The summed E-state index contributed by atoms with van der Waals surface area (Å²) in [5.41, 5.74) is 0.467. The van der Waals surface area contributed by atoms with Gasteiger partial charge in [-0.15, -0.1) is 0 Å². The fraction of sp³-hybridized carbons (Fsp3) is 0.889. The molecule has 0 aromatic rings. The van der Waals surface area contributed by atoms with Crippen molar-refractivity contribution in [1.82, 2.24) is 0 Å². The molecule has 104 valence electrons. The van der Waals surface area contributed by atoms with Crippen molar-refractivity contribution in [1.29, 1.82) is 0 Å². The van der Waals surface area contributed by atoms with E-state index in [-0.39, 0.29) is 0 Å². The van der Waals surface area contributed by atoms with Gasteiger partial charge in [0, 0.05) is 0 Å². The second kappa shape index (κ2) is 5.55. The van der Waals surface area contributed by atoms with Crippen LogP contribution in [0.1, 0.15) is 79.6 Å². The molecule has 2 aliphatic rings. The topological polar surface area (TPSA) is 0 Å². The molecule has 0 heteroatoms. The van der Waals surface area contributed by atoms with E-state index in [0.29, 0.717) is 5.41 Å². The van der Waals surface area contributed by atoms with E-state index in [1.54, 1.807) is 0 Å². The Kier molecular flexibility index (Phi) is 4.44. The summed E-state index contributed by atoms with van der Waals surface area (Å²) in [7, 11) is 0. The highest BCUT2D eigenvalue weighted by molar-refractivity contribution is 5.24. The Bertz CT molecular complexity index is 269. The smallest absolute Gasteiger partial charge is 0.0145 e. The summed E-state index contributed by atoms with van der Waals surface area (Å²) >= 11 is 0. The number of hydrogen-bond acceptors (Lipinski definition) is 0. The SMILES string of the molecule is CC[C]1CCCC(C)CC1(C)[C]1CC(C)CC1C. The van der Waals surface area contributed by atoms with Crippen molar-refractivity contribution in [3.05, 3.63) is 11.8 Å². The number of rotatable bonds is 2. The molecule has 0 spiro atoms. The summed E-state index contributed by atoms with van der Waals surface area (Å²) < 4.78 is 0. The Morgan fingerprint density at radius 3 is 2.44 bits per heavy atom. The maximum atomic E-state index is 2.58. The van der Waals surface area contributed by atoms with Gasteiger partial charge in [0.05, 0.1) is 0 Å². The van der Waals surface area contributed by atoms with E-state index in [4.69, 9.17) is 0 Å². The second-order valence-electron chi connectivity index (χ2n) is 7.46. The van der Waals surface area contributed by atoms with E-state index in [1.807, 2.05) is 11.8 Å². The van der Waals surface area contributed by atoms with Gasteiger partial charge in [0.25, 0.3) is 0 Å². The van der Waals surface area contributed by atoms with Crippen molar-refractivity contribution >= 4 is 0 Å². The molecule has 0 nitrogen and oxygen atoms in total. The van der Waals surface area contributed by atoms with Crippen molar-refractivity contribution in [2.75, 3.05) is 0 Å². The largest absolute Gasteiger partial charge is 0.0648 e. The average Bonchev–Trinajstić information content (AvgIpc) is 2.55. The molecular formula is C18H32. The van der Waals surface area contributed by atoms with E-state index >= 15 is 0 Å². The lowest BCUT2D eigenvalue weighted by molar-refractivity contribution is 0.250. The van der Waals surface area contributed by atoms with E-state index in [1.165, 1.54) is 44.9 Å². The molecule has 0 aromatic heterocycles. The molecule has 0 amide bonds. The summed E-state index contributed by atoms with van der Waals surface area (Å²) in [6.07, 6.45) is 9.80. The van der Waals surface area contributed by atoms with Crippen LogP contribution in [-0.4, -0.2) is 0 Å². The maximum absolute atomic E-state index is 2.58. The zero-order valence-corrected chi connectivity index (χ0v) is 13.2. The molecule has 4 unspecified atom stereocenters. The maximum Gasteiger partial charge on any atom is -0.0145 e. The lowest BCUT2D eigenvalue weighted by Gasteiger charge is -2.44. The Labute approximate surface area is 115 Å². The van der Waals surface area contributed by atoms with E-state index in [2.05, 4.69) is 34.6 Å². The van der Waals surface area contributed by atoms with Crippen LogP contribution in [-0.2, 0) is 0 Å². The highest BCUT2D eigenvalue weighted by Gasteiger charge is 2.47. The van der Waals surface area contributed by atoms with Crippen LogP contribution >= 0.6 is 0 Å². The van der Waals surface area contributed by atoms with E-state index in [9.17, 15) is 0 Å². The fourth-order valence-corrected chi connectivity index (χ4v) is 4.98. The lowest BCUT2D eigenvalue weighted by atomic mass is 9.60. The average molecular weight is 248 g/mol. The Morgan fingerprint density at radius 1 is 1.17 bits per heavy atom. The fourth-order valence-electron chi connectivity index (χ4n) is 4.98. The van der Waals surface area contributed by atoms with Crippen molar-refractivity contribution in [2.24, 2.45) is 23.2 Å². The van der Waals surface area contributed by atoms with E-state index in [0.717, 1.165) is 17.8 Å². The third-order valence-electron chi connectivity index (χ3n) is 5.77. The molecule has 2 saturated carbocycles. The quantitative estimate of drug-likeness (QED) is 0.539. The van der Waals surface area contributed by atoms with Crippen LogP contribution in [0.4, 0.5) is 0 Å². The van der Waals surface area contributed by atoms with Crippen LogP contribution in [0.2, 0.25) is 0 Å². The number of hydrogen-bond donors (Lipinski definition) is 0. The summed E-state index contributed by atoms with van der Waals surface area (Å²) in [5, 5.41) is 0. The van der Waals surface area contributed by atoms with Crippen molar-refractivity contribution in [3.63, 3.8) is 0 Å². The standard InChI is InChI=1S/C18H32/c1-6-16-9-7-8-13(2)12-18(16,5)17-11-14(3)10-15(17)4/h13-15H,6-12H2,1-5H3. The van der Waals surface area contributed by atoms with Crippen molar-refractivity contribution < 1.29 is 0 Å². The molecule has 0 aromatic carbocycles. The van der Waals surface area contributed by atoms with Gasteiger partial charge in [0.1, 0.15) is 0 Å². The van der Waals surface area contributed by atoms with Crippen LogP contribution in [0.15, 0.2) is 0 Å². The van der Waals surface area contributed by atoms with Gasteiger partial charge in [-0.3, -0.25) is 0 Å². The predicted molar refractivity (Wildman–Crippen MR) is 80.1 cm³/mol. The zero-order chi connectivity index (χ0) is 13.3. The molecule has 0 saturated heterocycles. The van der Waals surface area contributed by atoms with Gasteiger partial charge in [-0.1, -0.05) is 47.5 Å². The first-order chi connectivity index (χ1) is 8.47. The van der Waals surface area contributed by atoms with Gasteiger partial charge in [0.2, 0.25) is 0 Å². The van der Waals surface area contributed by atoms with Gasteiger partial charge < -0.3 is 0 Å². The molecule has 2 fully saturated rings. The lowest BCUT2D eigenvalue weighted by Crippen LogP contribution is -2.34. The van der Waals surface area contributed by atoms with Crippen molar-refractivity contribution in [3.8, 4) is 0 Å². The monoisotopic (exact) mass is 248 g/mol. The molecule has 0 aliphatic heterocycles. The summed E-state index contributed by atoms with van der Waals surface area (Å²) in [6.45, 7) is 12.4. The predicted octanol–water partition coefficient (Wildman–Crippen LogP) is 5.83. The Balaban J connectivity index is 2.22. The van der Waals surface area contributed by atoms with Gasteiger partial charge in [-0.2, -0.15) is 0 Å². The van der Waals surface area contributed by atoms with Crippen LogP contribution in [0.3, 0.4) is 0 Å². The van der Waals surface area contributed by atoms with Crippen LogP contribution in [0.25, 0.3) is 0 Å². The van der Waals surface area contributed by atoms with Crippen LogP contribution in [0, 0.1) is 35.0 Å². The summed E-state index contributed by atoms with van der Waals surface area (Å²) in [6, 6.07) is 0. The summed E-state index contributed by atoms with van der Waals surface area (Å²) in [5.74, 6) is 6.46. The van der Waals surface area contributed by atoms with Crippen molar-refractivity contribution in [2.45, 2.75) is 79.6 Å². The molecule has 2 rings (SSSR count). The van der Waals surface area contributed by atoms with Gasteiger partial charge in [0.15, 0.2) is 0 Å². The highest BCUT2D eigenvalue weighted by Crippen LogP contribution is 2.58. The Morgan fingerprint density at radius 2 is 1.89 bits per heavy atom. The minimum Gasteiger partial charge on any atom is -0.0648 e. The first kappa shape index (κ1) is 14.4. The zero-order valence-electron chi connectivity index (χ0n) is 13.2. The normalized spacial score (nSPS) is 44.2. The molecule has 2 aliphatic carbocycles. The van der Waals surface area contributed by atoms with Crippen LogP contribution < -0.4 is 0 Å². The first-order valence-electron chi connectivity index (χ1n) is 8.18. The third kappa shape index (κ3) is 2.63. The third-order valence-corrected chi connectivity index (χ3v) is 5.77. The molecule has 0 bridgehead atoms. The molecule has 0 N–H and O–H groups in total. The highest BCUT2D eigenvalue weighted by atomic mass is 14.5. The minimum atomic E-state index is 0.467. The van der Waals surface area contributed by atoms with Gasteiger partial charge >= 0.3 is 0 Å². The first-order valence-corrected chi connectivity index (χ1v) is 8.18. The van der Waals surface area contributed by atoms with Gasteiger partial charge in [-0.25, -0.2) is 0 Å². The molecule has 18 heavy (non-hydrogen) atoms. The van der Waals surface area contributed by atoms with Crippen LogP contribution in [0.5, 0.6) is 0 Å². The molecule has 2 radical (unpaired) electrons. The van der Waals surface area contributed by atoms with Gasteiger partial charge in [-0.05, 0) is 67.1 Å². The second-order valence-corrected chi connectivity index (χ2v) is 7.46. The summed E-state index contributed by atoms with van der Waals surface area (Å²) in [4.78, 5) is 0. The van der Waals surface area contributed by atoms with E-state index < -0.39 is 0 Å².